The molecular weight excluding hydrogens is 368 g/mol. The summed E-state index contributed by atoms with van der Waals surface area (Å²) in [4.78, 5) is 23.5. The van der Waals surface area contributed by atoms with Crippen LogP contribution in [0.5, 0.6) is 0 Å². The van der Waals surface area contributed by atoms with Gasteiger partial charge in [-0.25, -0.2) is 13.1 Å². The highest BCUT2D eigenvalue weighted by atomic mass is 32.2. The molecule has 7 nitrogen and oxygen atoms in total. The van der Waals surface area contributed by atoms with E-state index in [4.69, 9.17) is 5.11 Å². The van der Waals surface area contributed by atoms with E-state index in [-0.39, 0.29) is 18.2 Å². The Morgan fingerprint density at radius 2 is 1.78 bits per heavy atom. The summed E-state index contributed by atoms with van der Waals surface area (Å²) in [5, 5.41) is 11.8. The monoisotopic (exact) mass is 390 g/mol. The minimum absolute atomic E-state index is 0.00699. The van der Waals surface area contributed by atoms with Crippen molar-refractivity contribution in [3.63, 3.8) is 0 Å². The number of hydrogen-bond donors (Lipinski definition) is 3. The number of sulfonamides is 1. The summed E-state index contributed by atoms with van der Waals surface area (Å²) in [7, 11) is -3.27. The topological polar surface area (TPSA) is 113 Å². The van der Waals surface area contributed by atoms with Crippen LogP contribution < -0.4 is 10.0 Å². The van der Waals surface area contributed by atoms with Crippen molar-refractivity contribution < 1.29 is 23.1 Å². The van der Waals surface area contributed by atoms with Crippen LogP contribution in [0.1, 0.15) is 41.3 Å². The van der Waals surface area contributed by atoms with E-state index in [0.29, 0.717) is 16.8 Å². The highest BCUT2D eigenvalue weighted by Gasteiger charge is 2.14. The highest BCUT2D eigenvalue weighted by molar-refractivity contribution is 7.89. The van der Waals surface area contributed by atoms with Crippen molar-refractivity contribution in [3.8, 4) is 0 Å². The number of anilines is 1. The summed E-state index contributed by atoms with van der Waals surface area (Å²) < 4.78 is 25.4. The summed E-state index contributed by atoms with van der Waals surface area (Å²) in [5.74, 6) is -1.94. The molecule has 0 aliphatic heterocycles. The van der Waals surface area contributed by atoms with Crippen molar-refractivity contribution in [2.24, 2.45) is 0 Å². The highest BCUT2D eigenvalue weighted by Crippen LogP contribution is 2.20. The molecule has 1 unspecified atom stereocenters. The number of hydrogen-bond acceptors (Lipinski definition) is 4. The first-order valence-electron chi connectivity index (χ1n) is 8.42. The van der Waals surface area contributed by atoms with Crippen molar-refractivity contribution in [1.29, 1.82) is 0 Å². The Balaban J connectivity index is 2.04. The lowest BCUT2D eigenvalue weighted by atomic mass is 10.0. The number of benzene rings is 2. The van der Waals surface area contributed by atoms with Gasteiger partial charge in [0.1, 0.15) is 0 Å². The summed E-state index contributed by atoms with van der Waals surface area (Å²) in [6.45, 7) is 3.30. The minimum Gasteiger partial charge on any atom is -0.481 e. The first-order valence-corrected chi connectivity index (χ1v) is 10.1. The van der Waals surface area contributed by atoms with Gasteiger partial charge in [-0.3, -0.25) is 9.59 Å². The second kappa shape index (κ2) is 8.79. The molecule has 2 rings (SSSR count). The van der Waals surface area contributed by atoms with Crippen molar-refractivity contribution in [2.45, 2.75) is 26.3 Å². The van der Waals surface area contributed by atoms with Crippen LogP contribution in [0.15, 0.2) is 48.5 Å². The third-order valence-electron chi connectivity index (χ3n) is 4.11. The van der Waals surface area contributed by atoms with Crippen LogP contribution in [-0.2, 0) is 21.4 Å². The molecule has 0 aliphatic rings. The molecule has 0 aliphatic carbocycles. The Morgan fingerprint density at radius 1 is 1.11 bits per heavy atom. The van der Waals surface area contributed by atoms with Gasteiger partial charge in [-0.05, 0) is 49.2 Å². The molecule has 0 heterocycles. The molecule has 0 bridgehead atoms. The lowest BCUT2D eigenvalue weighted by molar-refractivity contribution is -0.138. The predicted molar refractivity (Wildman–Crippen MR) is 103 cm³/mol. The van der Waals surface area contributed by atoms with Gasteiger partial charge in [-0.15, -0.1) is 0 Å². The maximum absolute atomic E-state index is 12.4. The largest absolute Gasteiger partial charge is 0.481 e. The van der Waals surface area contributed by atoms with Crippen molar-refractivity contribution in [2.75, 3.05) is 11.1 Å². The van der Waals surface area contributed by atoms with E-state index < -0.39 is 21.9 Å². The third kappa shape index (κ3) is 5.90. The van der Waals surface area contributed by atoms with Crippen molar-refractivity contribution >= 4 is 27.6 Å². The van der Waals surface area contributed by atoms with Gasteiger partial charge in [0.15, 0.2) is 0 Å². The molecule has 144 valence electrons. The fraction of sp³-hybridized carbons (Fsp3) is 0.263. The van der Waals surface area contributed by atoms with Crippen LogP contribution in [0.4, 0.5) is 5.69 Å². The number of carbonyl (C=O) groups is 2. The Hall–Kier alpha value is -2.71. The summed E-state index contributed by atoms with van der Waals surface area (Å²) in [6.07, 6.45) is 0. The second-order valence-electron chi connectivity index (χ2n) is 6.06. The molecule has 27 heavy (non-hydrogen) atoms. The summed E-state index contributed by atoms with van der Waals surface area (Å²) >= 11 is 0. The molecule has 3 N–H and O–H groups in total. The average Bonchev–Trinajstić information content (AvgIpc) is 2.66. The van der Waals surface area contributed by atoms with E-state index in [1.54, 1.807) is 62.4 Å². The first kappa shape index (κ1) is 20.6. The quantitative estimate of drug-likeness (QED) is 0.641. The second-order valence-corrected chi connectivity index (χ2v) is 8.16. The van der Waals surface area contributed by atoms with Gasteiger partial charge in [0.25, 0.3) is 5.91 Å². The van der Waals surface area contributed by atoms with Crippen molar-refractivity contribution in [3.05, 3.63) is 65.2 Å². The van der Waals surface area contributed by atoms with E-state index in [1.165, 1.54) is 0 Å². The molecule has 1 atom stereocenters. The van der Waals surface area contributed by atoms with Crippen LogP contribution in [0.2, 0.25) is 0 Å². The maximum atomic E-state index is 12.4. The van der Waals surface area contributed by atoms with Crippen LogP contribution >= 0.6 is 0 Å². The number of nitrogens with one attached hydrogen (secondary N) is 2. The number of amides is 1. The lowest BCUT2D eigenvalue weighted by Gasteiger charge is -2.10. The number of carboxylic acids is 1. The maximum Gasteiger partial charge on any atom is 0.310 e. The molecule has 0 aromatic heterocycles. The number of carboxylic acid groups (broad SMARTS) is 1. The number of aliphatic carboxylic acids is 1. The Bertz CT molecular complexity index is 923. The number of carbonyl (C=O) groups excluding carboxylic acids is 1. The van der Waals surface area contributed by atoms with Gasteiger partial charge in [0.2, 0.25) is 10.0 Å². The molecule has 0 saturated heterocycles. The van der Waals surface area contributed by atoms with Crippen molar-refractivity contribution in [1.82, 2.24) is 4.72 Å². The molecule has 0 saturated carbocycles. The molecular formula is C19H22N2O5S. The smallest absolute Gasteiger partial charge is 0.310 e. The fourth-order valence-electron chi connectivity index (χ4n) is 2.30. The SMILES string of the molecule is CCS(=O)(=O)NCc1ccc(C(=O)Nc2cccc(C(C)C(=O)O)c2)cc1. The van der Waals surface area contributed by atoms with Crippen LogP contribution in [0.3, 0.4) is 0 Å². The standard InChI is InChI=1S/C19H22N2O5S/c1-3-27(25,26)20-12-14-7-9-15(10-8-14)18(22)21-17-6-4-5-16(11-17)13(2)19(23)24/h4-11,13,20H,3,12H2,1-2H3,(H,21,22)(H,23,24). The first-order chi connectivity index (χ1) is 12.7. The Morgan fingerprint density at radius 3 is 2.37 bits per heavy atom. The number of rotatable bonds is 8. The zero-order valence-electron chi connectivity index (χ0n) is 15.1. The molecule has 2 aromatic carbocycles. The van der Waals surface area contributed by atoms with Crippen LogP contribution in [0, 0.1) is 0 Å². The minimum atomic E-state index is -3.27. The summed E-state index contributed by atoms with van der Waals surface area (Å²) in [6, 6.07) is 13.3. The van der Waals surface area contributed by atoms with E-state index in [0.717, 1.165) is 5.56 Å². The fourth-order valence-corrected chi connectivity index (χ4v) is 2.89. The molecule has 0 radical (unpaired) electrons. The van der Waals surface area contributed by atoms with Gasteiger partial charge >= 0.3 is 5.97 Å². The van der Waals surface area contributed by atoms with Gasteiger partial charge in [-0.1, -0.05) is 24.3 Å². The van der Waals surface area contributed by atoms with E-state index in [9.17, 15) is 18.0 Å². The van der Waals surface area contributed by atoms with Gasteiger partial charge in [-0.2, -0.15) is 0 Å². The normalized spacial score (nSPS) is 12.4. The van der Waals surface area contributed by atoms with Crippen LogP contribution in [-0.4, -0.2) is 31.2 Å². The lowest BCUT2D eigenvalue weighted by Crippen LogP contribution is -2.24. The average molecular weight is 390 g/mol. The Labute approximate surface area is 158 Å². The Kier molecular flexibility index (Phi) is 6.70. The molecule has 1 amide bonds. The van der Waals surface area contributed by atoms with Gasteiger partial charge in [0.05, 0.1) is 11.7 Å². The summed E-state index contributed by atoms with van der Waals surface area (Å²) in [5.41, 5.74) is 2.25. The zero-order chi connectivity index (χ0) is 20.0. The predicted octanol–water partition coefficient (Wildman–Crippen LogP) is 2.57. The van der Waals surface area contributed by atoms with Gasteiger partial charge < -0.3 is 10.4 Å². The third-order valence-corrected chi connectivity index (χ3v) is 5.45. The van der Waals surface area contributed by atoms with E-state index in [2.05, 4.69) is 10.0 Å². The zero-order valence-corrected chi connectivity index (χ0v) is 15.9. The molecule has 2 aromatic rings. The van der Waals surface area contributed by atoms with E-state index in [1.807, 2.05) is 0 Å². The molecule has 8 heteroatoms. The molecule has 0 spiro atoms. The molecule has 0 fully saturated rings. The van der Waals surface area contributed by atoms with Gasteiger partial charge in [0, 0.05) is 17.8 Å². The van der Waals surface area contributed by atoms with Crippen LogP contribution in [0.25, 0.3) is 0 Å². The van der Waals surface area contributed by atoms with E-state index >= 15 is 0 Å².